The van der Waals surface area contributed by atoms with Crippen molar-refractivity contribution in [2.24, 2.45) is 0 Å². The van der Waals surface area contributed by atoms with Crippen molar-refractivity contribution in [2.75, 3.05) is 63.2 Å². The number of aromatic nitrogens is 3. The molecule has 10 nitrogen and oxygen atoms in total. The number of benzene rings is 2. The van der Waals surface area contributed by atoms with Crippen LogP contribution in [0.5, 0.6) is 5.75 Å². The molecular weight excluding hydrogens is 592 g/mol. The van der Waals surface area contributed by atoms with Crippen LogP contribution in [0.15, 0.2) is 48.5 Å². The molecule has 6 rings (SSSR count). The molecule has 4 aromatic rings. The summed E-state index contributed by atoms with van der Waals surface area (Å²) in [4.78, 5) is 12.0. The van der Waals surface area contributed by atoms with Crippen molar-refractivity contribution < 1.29 is 19.3 Å². The van der Waals surface area contributed by atoms with Gasteiger partial charge < -0.3 is 34.5 Å². The van der Waals surface area contributed by atoms with Gasteiger partial charge in [-0.2, -0.15) is 0 Å². The first-order valence-electron chi connectivity index (χ1n) is 16.8. The fraction of sp³-hybridized carbons (Fsp3) is 0.459. The summed E-state index contributed by atoms with van der Waals surface area (Å²) in [6.07, 6.45) is 4.01. The Bertz CT molecular complexity index is 1700. The lowest BCUT2D eigenvalue weighted by Gasteiger charge is -2.26. The molecule has 2 aliphatic heterocycles. The Hall–Kier alpha value is -4.14. The zero-order valence-electron chi connectivity index (χ0n) is 27.6. The molecule has 248 valence electrons. The number of hydrogen-bond donors (Lipinski definition) is 3. The van der Waals surface area contributed by atoms with Crippen molar-refractivity contribution in [3.8, 4) is 17.6 Å². The third kappa shape index (κ3) is 9.02. The van der Waals surface area contributed by atoms with Crippen LogP contribution in [0.2, 0.25) is 0 Å². The highest BCUT2D eigenvalue weighted by Gasteiger charge is 2.16. The van der Waals surface area contributed by atoms with Gasteiger partial charge in [-0.25, -0.2) is 4.98 Å². The third-order valence-electron chi connectivity index (χ3n) is 8.61. The maximum atomic E-state index is 10.6. The molecule has 47 heavy (non-hydrogen) atoms. The van der Waals surface area contributed by atoms with Crippen LogP contribution in [0, 0.1) is 25.7 Å². The molecule has 0 radical (unpaired) electrons. The molecule has 0 amide bonds. The monoisotopic (exact) mass is 638 g/mol. The summed E-state index contributed by atoms with van der Waals surface area (Å²) < 4.78 is 19.1. The predicted molar refractivity (Wildman–Crippen MR) is 185 cm³/mol. The van der Waals surface area contributed by atoms with Gasteiger partial charge in [0.25, 0.3) is 0 Å². The first kappa shape index (κ1) is 32.8. The minimum atomic E-state index is -0.145. The average Bonchev–Trinajstić information content (AvgIpc) is 3.43. The maximum Gasteiger partial charge on any atom is 0.204 e. The van der Waals surface area contributed by atoms with Crippen LogP contribution >= 0.6 is 0 Å². The Morgan fingerprint density at radius 2 is 1.89 bits per heavy atom. The van der Waals surface area contributed by atoms with Crippen molar-refractivity contribution in [3.05, 3.63) is 76.6 Å². The first-order valence-corrected chi connectivity index (χ1v) is 16.8. The number of pyridine rings is 1. The zero-order chi connectivity index (χ0) is 32.4. The van der Waals surface area contributed by atoms with E-state index in [0.29, 0.717) is 25.4 Å². The van der Waals surface area contributed by atoms with E-state index in [-0.39, 0.29) is 12.0 Å². The number of anilines is 2. The minimum Gasteiger partial charge on any atom is -0.506 e. The number of morpholine rings is 1. The number of aromatic hydroxyl groups is 1. The SMILES string of the molecule is Cc1ccc(C#CCOC2CCCCO2)c(NCc2ccc3nc(NCCCN4CCOCC4)n(Cc4nc(C)ccc4O)c3c2)c1. The number of imidazole rings is 1. The standard InChI is InChI=1S/C37H46N6O4/c1-27-9-12-30(7-5-20-47-36-8-3-4-19-46-36)32(23-27)39-25-29-11-13-31-34(24-29)43(26-33-35(44)14-10-28(2)40-33)37(41-31)38-15-6-16-42-17-21-45-22-18-42/h9-14,23-24,36,39,44H,3-4,6,8,15-22,25-26H2,1-2H3,(H,38,41). The summed E-state index contributed by atoms with van der Waals surface area (Å²) >= 11 is 0. The van der Waals surface area contributed by atoms with Gasteiger partial charge in [-0.3, -0.25) is 9.88 Å². The van der Waals surface area contributed by atoms with Gasteiger partial charge in [-0.1, -0.05) is 24.0 Å². The summed E-state index contributed by atoms with van der Waals surface area (Å²) in [7, 11) is 0. The summed E-state index contributed by atoms with van der Waals surface area (Å²) in [5, 5.41) is 17.8. The predicted octanol–water partition coefficient (Wildman–Crippen LogP) is 5.44. The van der Waals surface area contributed by atoms with Gasteiger partial charge in [0.2, 0.25) is 5.95 Å². The Balaban J connectivity index is 1.17. The number of aryl methyl sites for hydroxylation is 2. The second kappa shape index (κ2) is 16.1. The van der Waals surface area contributed by atoms with Gasteiger partial charge in [0.15, 0.2) is 6.29 Å². The van der Waals surface area contributed by atoms with Crippen molar-refractivity contribution in [3.63, 3.8) is 0 Å². The quantitative estimate of drug-likeness (QED) is 0.138. The molecule has 2 aliphatic rings. The summed E-state index contributed by atoms with van der Waals surface area (Å²) in [5.74, 6) is 7.40. The number of rotatable bonds is 12. The second-order valence-corrected chi connectivity index (χ2v) is 12.3. The minimum absolute atomic E-state index is 0.145. The normalized spacial score (nSPS) is 16.9. The van der Waals surface area contributed by atoms with Crippen LogP contribution < -0.4 is 10.6 Å². The van der Waals surface area contributed by atoms with Crippen LogP contribution in [-0.2, 0) is 27.3 Å². The van der Waals surface area contributed by atoms with E-state index in [0.717, 1.165) is 117 Å². The van der Waals surface area contributed by atoms with Crippen LogP contribution in [0.3, 0.4) is 0 Å². The number of fused-ring (bicyclic) bond motifs is 1. The van der Waals surface area contributed by atoms with Gasteiger partial charge >= 0.3 is 0 Å². The first-order chi connectivity index (χ1) is 23.0. The van der Waals surface area contributed by atoms with E-state index in [2.05, 4.69) is 80.2 Å². The molecule has 4 heterocycles. The molecule has 2 aromatic carbocycles. The molecule has 10 heteroatoms. The average molecular weight is 639 g/mol. The van der Waals surface area contributed by atoms with Crippen molar-refractivity contribution >= 4 is 22.7 Å². The van der Waals surface area contributed by atoms with E-state index in [1.165, 1.54) is 0 Å². The zero-order valence-corrected chi connectivity index (χ0v) is 27.6. The summed E-state index contributed by atoms with van der Waals surface area (Å²) in [6, 6.07) is 16.1. The molecule has 0 spiro atoms. The Kier molecular flexibility index (Phi) is 11.2. The van der Waals surface area contributed by atoms with Crippen LogP contribution in [0.1, 0.15) is 53.8 Å². The second-order valence-electron chi connectivity index (χ2n) is 12.3. The van der Waals surface area contributed by atoms with E-state index in [1.807, 2.05) is 13.0 Å². The van der Waals surface area contributed by atoms with Gasteiger partial charge in [0.05, 0.1) is 36.5 Å². The maximum absolute atomic E-state index is 10.6. The fourth-order valence-corrected chi connectivity index (χ4v) is 5.99. The van der Waals surface area contributed by atoms with Crippen molar-refractivity contribution in [1.29, 1.82) is 0 Å². The lowest BCUT2D eigenvalue weighted by molar-refractivity contribution is -0.154. The van der Waals surface area contributed by atoms with E-state index in [9.17, 15) is 5.11 Å². The number of ether oxygens (including phenoxy) is 3. The molecule has 3 N–H and O–H groups in total. The van der Waals surface area contributed by atoms with Crippen molar-refractivity contribution in [2.45, 2.75) is 58.9 Å². The number of hydrogen-bond acceptors (Lipinski definition) is 9. The largest absolute Gasteiger partial charge is 0.506 e. The highest BCUT2D eigenvalue weighted by molar-refractivity contribution is 5.80. The van der Waals surface area contributed by atoms with E-state index in [1.54, 1.807) is 6.07 Å². The Morgan fingerprint density at radius 3 is 2.74 bits per heavy atom. The van der Waals surface area contributed by atoms with Crippen LogP contribution in [0.4, 0.5) is 11.6 Å². The Morgan fingerprint density at radius 1 is 1.00 bits per heavy atom. The summed E-state index contributed by atoms with van der Waals surface area (Å²) in [5.41, 5.74) is 7.53. The summed E-state index contributed by atoms with van der Waals surface area (Å²) in [6.45, 7) is 11.5. The van der Waals surface area contributed by atoms with Crippen LogP contribution in [0.25, 0.3) is 11.0 Å². The number of nitrogens with zero attached hydrogens (tertiary/aromatic N) is 4. The Labute approximate surface area is 277 Å². The lowest BCUT2D eigenvalue weighted by Crippen LogP contribution is -2.37. The van der Waals surface area contributed by atoms with Gasteiger partial charge in [0, 0.05) is 44.0 Å². The fourth-order valence-electron chi connectivity index (χ4n) is 5.99. The molecule has 0 saturated carbocycles. The molecule has 1 unspecified atom stereocenters. The lowest BCUT2D eigenvalue weighted by atomic mass is 10.1. The third-order valence-corrected chi connectivity index (χ3v) is 8.61. The molecule has 1 atom stereocenters. The van der Waals surface area contributed by atoms with E-state index in [4.69, 9.17) is 19.2 Å². The molecule has 2 aromatic heterocycles. The van der Waals surface area contributed by atoms with Gasteiger partial charge in [-0.05, 0) is 93.6 Å². The highest BCUT2D eigenvalue weighted by Crippen LogP contribution is 2.26. The van der Waals surface area contributed by atoms with Gasteiger partial charge in [0.1, 0.15) is 18.1 Å². The smallest absolute Gasteiger partial charge is 0.204 e. The number of nitrogens with one attached hydrogen (secondary N) is 2. The van der Waals surface area contributed by atoms with E-state index >= 15 is 0 Å². The highest BCUT2D eigenvalue weighted by atomic mass is 16.7. The topological polar surface area (TPSA) is 106 Å². The van der Waals surface area contributed by atoms with Crippen molar-refractivity contribution in [1.82, 2.24) is 19.4 Å². The van der Waals surface area contributed by atoms with Crippen LogP contribution in [-0.4, -0.2) is 83.4 Å². The van der Waals surface area contributed by atoms with Gasteiger partial charge in [-0.15, -0.1) is 0 Å². The van der Waals surface area contributed by atoms with E-state index < -0.39 is 0 Å². The molecular formula is C37H46N6O4. The molecule has 0 bridgehead atoms. The molecule has 2 fully saturated rings. The molecule has 2 saturated heterocycles. The molecule has 0 aliphatic carbocycles.